The highest BCUT2D eigenvalue weighted by molar-refractivity contribution is 7.26. The lowest BCUT2D eigenvalue weighted by molar-refractivity contribution is 1.07. The fourth-order valence-corrected chi connectivity index (χ4v) is 11.0. The third-order valence-corrected chi connectivity index (χ3v) is 14.2. The molecular weight excluding hydrogens is 845 g/mol. The maximum atomic E-state index is 5.35. The SMILES string of the molecule is c1ccc(-c2nc(-c3ccccc3)nc(-c3cc(-c4ccc(-c5ccccc5)c(-c5ccccc5)c4)ccc3-c3cccc4sc5cc6c(cc5c34)c3ccccc3n6-c3ccccc3)n2)cc1. The molecule has 10 aromatic carbocycles. The molecule has 0 amide bonds. The molecule has 0 unspecified atom stereocenters. The summed E-state index contributed by atoms with van der Waals surface area (Å²) in [4.78, 5) is 15.8. The summed E-state index contributed by atoms with van der Waals surface area (Å²) in [7, 11) is 0. The Morgan fingerprint density at radius 3 is 1.46 bits per heavy atom. The molecule has 3 aromatic heterocycles. The molecule has 0 N–H and O–H groups in total. The number of aromatic nitrogens is 4. The number of rotatable bonds is 8. The molecule has 68 heavy (non-hydrogen) atoms. The average Bonchev–Trinajstić information content (AvgIpc) is 3.95. The highest BCUT2D eigenvalue weighted by Crippen LogP contribution is 2.47. The van der Waals surface area contributed by atoms with Gasteiger partial charge in [-0.1, -0.05) is 194 Å². The Hall–Kier alpha value is -8.77. The minimum absolute atomic E-state index is 0.614. The van der Waals surface area contributed by atoms with Crippen molar-refractivity contribution in [1.29, 1.82) is 0 Å². The van der Waals surface area contributed by atoms with Crippen molar-refractivity contribution < 1.29 is 0 Å². The van der Waals surface area contributed by atoms with Crippen LogP contribution < -0.4 is 0 Å². The van der Waals surface area contributed by atoms with Crippen LogP contribution in [0.1, 0.15) is 0 Å². The quantitative estimate of drug-likeness (QED) is 0.153. The summed E-state index contributed by atoms with van der Waals surface area (Å²) in [6, 6.07) is 86.5. The van der Waals surface area contributed by atoms with Gasteiger partial charge >= 0.3 is 0 Å². The molecule has 0 radical (unpaired) electrons. The van der Waals surface area contributed by atoms with Gasteiger partial charge < -0.3 is 4.57 Å². The van der Waals surface area contributed by atoms with Crippen molar-refractivity contribution in [2.24, 2.45) is 0 Å². The number of fused-ring (bicyclic) bond motifs is 6. The predicted octanol–water partition coefficient (Wildman–Crippen LogP) is 17.0. The zero-order valence-corrected chi connectivity index (χ0v) is 37.6. The predicted molar refractivity (Wildman–Crippen MR) is 285 cm³/mol. The van der Waals surface area contributed by atoms with E-state index >= 15 is 0 Å². The highest BCUT2D eigenvalue weighted by atomic mass is 32.1. The normalized spacial score (nSPS) is 11.5. The molecule has 0 atom stereocenters. The monoisotopic (exact) mass is 884 g/mol. The van der Waals surface area contributed by atoms with Gasteiger partial charge in [-0.25, -0.2) is 15.0 Å². The van der Waals surface area contributed by atoms with Crippen LogP contribution in [0.5, 0.6) is 0 Å². The Labute approximate surface area is 397 Å². The Kier molecular flexibility index (Phi) is 9.66. The minimum atomic E-state index is 0.614. The highest BCUT2D eigenvalue weighted by Gasteiger charge is 2.22. The Bertz CT molecular complexity index is 3940. The van der Waals surface area contributed by atoms with Crippen molar-refractivity contribution in [1.82, 2.24) is 19.5 Å². The molecule has 5 heteroatoms. The zero-order valence-electron chi connectivity index (χ0n) is 36.8. The summed E-state index contributed by atoms with van der Waals surface area (Å²) < 4.78 is 4.87. The number of hydrogen-bond donors (Lipinski definition) is 0. The van der Waals surface area contributed by atoms with Crippen molar-refractivity contribution in [3.8, 4) is 84.4 Å². The lowest BCUT2D eigenvalue weighted by Crippen LogP contribution is -2.01. The molecule has 318 valence electrons. The molecule has 0 aliphatic rings. The van der Waals surface area contributed by atoms with Crippen LogP contribution in [0.3, 0.4) is 0 Å². The fraction of sp³-hybridized carbons (Fsp3) is 0. The standard InChI is InChI=1S/C63H40N4S/c1-6-19-41(20-7-1)48-35-33-45(37-52(48)42-21-8-2-9-22-42)46-34-36-49(54(38-46)63-65-61(43-23-10-3-11-24-43)64-62(66-63)44-25-12-4-13-26-44)51-30-18-32-58-60(51)55-39-53-50-29-16-17-31-56(50)67(47-27-14-5-15-28-47)57(53)40-59(55)68-58/h1-40H. The average molecular weight is 885 g/mol. The second kappa shape index (κ2) is 16.6. The maximum absolute atomic E-state index is 5.35. The van der Waals surface area contributed by atoms with Crippen LogP contribution in [-0.2, 0) is 0 Å². The minimum Gasteiger partial charge on any atom is -0.309 e. The van der Waals surface area contributed by atoms with E-state index in [-0.39, 0.29) is 0 Å². The summed E-state index contributed by atoms with van der Waals surface area (Å²) >= 11 is 1.84. The molecule has 0 aliphatic heterocycles. The first-order valence-corrected chi connectivity index (χ1v) is 23.7. The first kappa shape index (κ1) is 39.6. The van der Waals surface area contributed by atoms with Gasteiger partial charge in [0.1, 0.15) is 0 Å². The summed E-state index contributed by atoms with van der Waals surface area (Å²) in [5.74, 6) is 1.87. The van der Waals surface area contributed by atoms with Crippen LogP contribution >= 0.6 is 11.3 Å². The summed E-state index contributed by atoms with van der Waals surface area (Å²) in [6.45, 7) is 0. The molecule has 0 spiro atoms. The van der Waals surface area contributed by atoms with Crippen molar-refractivity contribution in [2.75, 3.05) is 0 Å². The van der Waals surface area contributed by atoms with Crippen LogP contribution in [0.15, 0.2) is 243 Å². The Balaban J connectivity index is 1.07. The van der Waals surface area contributed by atoms with Gasteiger partial charge in [0.15, 0.2) is 17.5 Å². The smallest absolute Gasteiger partial charge is 0.164 e. The van der Waals surface area contributed by atoms with Crippen molar-refractivity contribution in [3.05, 3.63) is 243 Å². The number of thiophene rings is 1. The summed E-state index contributed by atoms with van der Waals surface area (Å²) in [5.41, 5.74) is 15.4. The van der Waals surface area contributed by atoms with Crippen LogP contribution in [0.4, 0.5) is 0 Å². The van der Waals surface area contributed by atoms with Gasteiger partial charge in [-0.2, -0.15) is 0 Å². The largest absolute Gasteiger partial charge is 0.309 e. The van der Waals surface area contributed by atoms with Crippen LogP contribution in [0.2, 0.25) is 0 Å². The van der Waals surface area contributed by atoms with Crippen LogP contribution in [0.25, 0.3) is 126 Å². The third kappa shape index (κ3) is 6.88. The lowest BCUT2D eigenvalue weighted by atomic mass is 9.89. The fourth-order valence-electron chi connectivity index (χ4n) is 9.89. The van der Waals surface area contributed by atoms with Crippen molar-refractivity contribution >= 4 is 53.3 Å². The molecule has 4 nitrogen and oxygen atoms in total. The molecule has 13 aromatic rings. The topological polar surface area (TPSA) is 43.6 Å². The van der Waals surface area contributed by atoms with E-state index in [1.54, 1.807) is 0 Å². The third-order valence-electron chi connectivity index (χ3n) is 13.1. The molecule has 13 rings (SSSR count). The Morgan fingerprint density at radius 1 is 0.279 bits per heavy atom. The lowest BCUT2D eigenvalue weighted by Gasteiger charge is -2.16. The number of benzene rings is 10. The van der Waals surface area contributed by atoms with Gasteiger partial charge in [-0.05, 0) is 93.0 Å². The molecule has 0 saturated carbocycles. The molecule has 0 saturated heterocycles. The van der Waals surface area contributed by atoms with Gasteiger partial charge in [0.25, 0.3) is 0 Å². The molecule has 0 aliphatic carbocycles. The van der Waals surface area contributed by atoms with Crippen LogP contribution in [-0.4, -0.2) is 19.5 Å². The second-order valence-corrected chi connectivity index (χ2v) is 18.2. The van der Waals surface area contributed by atoms with Gasteiger partial charge in [-0.3, -0.25) is 0 Å². The van der Waals surface area contributed by atoms with E-state index < -0.39 is 0 Å². The first-order chi connectivity index (χ1) is 33.7. The van der Waals surface area contributed by atoms with E-state index in [4.69, 9.17) is 15.0 Å². The maximum Gasteiger partial charge on any atom is 0.164 e. The van der Waals surface area contributed by atoms with E-state index in [0.717, 1.165) is 44.6 Å². The number of nitrogens with zero attached hydrogens (tertiary/aromatic N) is 4. The van der Waals surface area contributed by atoms with Crippen molar-refractivity contribution in [2.45, 2.75) is 0 Å². The molecule has 0 fully saturated rings. The Morgan fingerprint density at radius 2 is 0.809 bits per heavy atom. The van der Waals surface area contributed by atoms with E-state index in [1.807, 2.05) is 47.7 Å². The zero-order chi connectivity index (χ0) is 45.0. The first-order valence-electron chi connectivity index (χ1n) is 22.9. The number of para-hydroxylation sites is 2. The van der Waals surface area contributed by atoms with E-state index in [9.17, 15) is 0 Å². The van der Waals surface area contributed by atoms with Gasteiger partial charge in [0.05, 0.1) is 11.0 Å². The van der Waals surface area contributed by atoms with Crippen LogP contribution in [0, 0.1) is 0 Å². The summed E-state index contributed by atoms with van der Waals surface area (Å²) in [5, 5.41) is 4.91. The van der Waals surface area contributed by atoms with Gasteiger partial charge in [-0.15, -0.1) is 11.3 Å². The molecule has 3 heterocycles. The van der Waals surface area contributed by atoms with Gasteiger partial charge in [0, 0.05) is 53.3 Å². The molecule has 0 bridgehead atoms. The summed E-state index contributed by atoms with van der Waals surface area (Å²) in [6.07, 6.45) is 0. The van der Waals surface area contributed by atoms with E-state index in [2.05, 4.69) is 211 Å². The van der Waals surface area contributed by atoms with E-state index in [1.165, 1.54) is 64.2 Å². The van der Waals surface area contributed by atoms with Gasteiger partial charge in [0.2, 0.25) is 0 Å². The molecular formula is C63H40N4S. The van der Waals surface area contributed by atoms with E-state index in [0.29, 0.717) is 17.5 Å². The van der Waals surface area contributed by atoms with Crippen molar-refractivity contribution in [3.63, 3.8) is 0 Å². The number of hydrogen-bond acceptors (Lipinski definition) is 4. The second-order valence-electron chi connectivity index (χ2n) is 17.1.